The maximum absolute atomic E-state index is 14.0. The van der Waals surface area contributed by atoms with Gasteiger partial charge in [-0.05, 0) is 44.9 Å². The molecule has 0 saturated heterocycles. The third-order valence-electron chi connectivity index (χ3n) is 7.12. The van der Waals surface area contributed by atoms with E-state index in [9.17, 15) is 13.2 Å². The molecule has 1 aliphatic heterocycles. The smallest absolute Gasteiger partial charge is 0.321 e. The van der Waals surface area contributed by atoms with Crippen molar-refractivity contribution in [3.63, 3.8) is 0 Å². The maximum atomic E-state index is 14.0. The predicted molar refractivity (Wildman–Crippen MR) is 148 cm³/mol. The third-order valence-corrected chi connectivity index (χ3v) is 10.5. The van der Waals surface area contributed by atoms with E-state index in [4.69, 9.17) is 9.47 Å². The lowest BCUT2D eigenvalue weighted by Crippen LogP contribution is -2.37. The zero-order chi connectivity index (χ0) is 26.6. The Kier molecular flexibility index (Phi) is 9.04. The van der Waals surface area contributed by atoms with Crippen molar-refractivity contribution in [2.75, 3.05) is 31.4 Å². The number of carbonyl (C=O) groups is 1. The molecule has 0 saturated carbocycles. The minimum atomic E-state index is -3.59. The number of fused-ring (bicyclic) bond motifs is 1. The number of esters is 1. The highest BCUT2D eigenvalue weighted by Crippen LogP contribution is 2.46. The highest BCUT2D eigenvalue weighted by molar-refractivity contribution is 8.00. The van der Waals surface area contributed by atoms with Gasteiger partial charge >= 0.3 is 5.97 Å². The van der Waals surface area contributed by atoms with Gasteiger partial charge in [0, 0.05) is 35.0 Å². The van der Waals surface area contributed by atoms with Crippen LogP contribution in [0.15, 0.2) is 47.4 Å². The number of para-hydroxylation sites is 1. The summed E-state index contributed by atoms with van der Waals surface area (Å²) in [6, 6.07) is 13.6. The molecule has 0 radical (unpaired) electrons. The van der Waals surface area contributed by atoms with Crippen LogP contribution in [-0.2, 0) is 25.1 Å². The second kappa shape index (κ2) is 11.5. The van der Waals surface area contributed by atoms with Gasteiger partial charge in [-0.1, -0.05) is 44.9 Å². The van der Waals surface area contributed by atoms with Gasteiger partial charge in [-0.2, -0.15) is 0 Å². The van der Waals surface area contributed by atoms with E-state index in [1.54, 1.807) is 27.0 Å². The van der Waals surface area contributed by atoms with Crippen molar-refractivity contribution in [3.05, 3.63) is 48.0 Å². The molecule has 3 rings (SSSR count). The van der Waals surface area contributed by atoms with E-state index in [1.165, 1.54) is 18.9 Å². The van der Waals surface area contributed by atoms with Gasteiger partial charge in [0.1, 0.15) is 10.5 Å². The Hall–Kier alpha value is -2.19. The number of nitrogens with zero attached hydrogens (tertiary/aromatic N) is 1. The lowest BCUT2D eigenvalue weighted by atomic mass is 9.81. The molecule has 1 unspecified atom stereocenters. The summed E-state index contributed by atoms with van der Waals surface area (Å²) in [6.07, 6.45) is 3.63. The molecule has 2 aromatic carbocycles. The normalized spacial score (nSPS) is 19.3. The molecule has 8 heteroatoms. The monoisotopic (exact) mass is 533 g/mol. The predicted octanol–water partition coefficient (Wildman–Crippen LogP) is 6.39. The molecule has 2 aromatic rings. The third kappa shape index (κ3) is 6.02. The van der Waals surface area contributed by atoms with E-state index in [0.717, 1.165) is 36.9 Å². The summed E-state index contributed by atoms with van der Waals surface area (Å²) in [4.78, 5) is 14.7. The van der Waals surface area contributed by atoms with Crippen molar-refractivity contribution in [2.24, 2.45) is 5.41 Å². The van der Waals surface area contributed by atoms with Crippen LogP contribution in [0.2, 0.25) is 0 Å². The largest absolute Gasteiger partial charge is 0.496 e. The van der Waals surface area contributed by atoms with Crippen LogP contribution in [0.4, 0.5) is 11.4 Å². The van der Waals surface area contributed by atoms with Crippen LogP contribution in [0, 0.1) is 5.41 Å². The molecule has 0 amide bonds. The van der Waals surface area contributed by atoms with Gasteiger partial charge in [-0.15, -0.1) is 11.8 Å². The summed E-state index contributed by atoms with van der Waals surface area (Å²) < 4.78 is 37.8. The molecule has 0 aromatic heterocycles. The van der Waals surface area contributed by atoms with Crippen LogP contribution in [0.1, 0.15) is 58.9 Å². The zero-order valence-electron chi connectivity index (χ0n) is 22.3. The number of thioether (sulfide) groups is 1. The van der Waals surface area contributed by atoms with Crippen LogP contribution in [-0.4, -0.2) is 45.7 Å². The van der Waals surface area contributed by atoms with Crippen molar-refractivity contribution in [1.29, 1.82) is 0 Å². The molecule has 0 bridgehead atoms. The number of hydrogen-bond acceptors (Lipinski definition) is 7. The Labute approximate surface area is 220 Å². The quantitative estimate of drug-likeness (QED) is 0.328. The summed E-state index contributed by atoms with van der Waals surface area (Å²) in [5.74, 6) is 0.802. The number of rotatable bonds is 10. The molecule has 0 fully saturated rings. The van der Waals surface area contributed by atoms with Crippen molar-refractivity contribution in [2.45, 2.75) is 68.8 Å². The number of ether oxygens (including phenoxy) is 2. The van der Waals surface area contributed by atoms with E-state index in [2.05, 4.69) is 18.7 Å². The van der Waals surface area contributed by atoms with E-state index < -0.39 is 14.6 Å². The molecule has 1 heterocycles. The molecule has 0 aliphatic carbocycles. The molecular weight excluding hydrogens is 494 g/mol. The number of anilines is 2. The summed E-state index contributed by atoms with van der Waals surface area (Å²) in [5.41, 5.74) is 1.98. The molecule has 1 atom stereocenters. The van der Waals surface area contributed by atoms with Gasteiger partial charge < -0.3 is 14.4 Å². The Morgan fingerprint density at radius 1 is 1.14 bits per heavy atom. The van der Waals surface area contributed by atoms with Gasteiger partial charge in [0.15, 0.2) is 9.84 Å². The lowest BCUT2D eigenvalue weighted by Gasteiger charge is -2.36. The standard InChI is InChI=1S/C28H39NO5S2/c1-7-9-15-28(8-2)19-29(22-13-11-10-12-14-22)23-17-24(33-5)21(16-25(23)36(31,32)20-28)18-35-27(3,4)26(30)34-6/h10-14,16-17H,7-9,15,18-20H2,1-6H3. The van der Waals surface area contributed by atoms with Crippen molar-refractivity contribution in [1.82, 2.24) is 0 Å². The van der Waals surface area contributed by atoms with Crippen LogP contribution < -0.4 is 9.64 Å². The Balaban J connectivity index is 2.17. The van der Waals surface area contributed by atoms with Gasteiger partial charge in [0.05, 0.1) is 30.6 Å². The average molecular weight is 534 g/mol. The topological polar surface area (TPSA) is 72.9 Å². The van der Waals surface area contributed by atoms with Crippen LogP contribution >= 0.6 is 11.8 Å². The molecule has 0 spiro atoms. The average Bonchev–Trinajstić information content (AvgIpc) is 2.97. The number of sulfone groups is 1. The lowest BCUT2D eigenvalue weighted by molar-refractivity contribution is -0.142. The summed E-state index contributed by atoms with van der Waals surface area (Å²) >= 11 is 1.40. The highest BCUT2D eigenvalue weighted by atomic mass is 32.2. The number of hydrogen-bond donors (Lipinski definition) is 0. The zero-order valence-corrected chi connectivity index (χ0v) is 23.9. The molecule has 6 nitrogen and oxygen atoms in total. The maximum Gasteiger partial charge on any atom is 0.321 e. The first-order valence-corrected chi connectivity index (χ1v) is 15.1. The van der Waals surface area contributed by atoms with Gasteiger partial charge in [-0.25, -0.2) is 8.42 Å². The van der Waals surface area contributed by atoms with Crippen molar-refractivity contribution in [3.8, 4) is 5.75 Å². The molecule has 36 heavy (non-hydrogen) atoms. The van der Waals surface area contributed by atoms with E-state index in [-0.39, 0.29) is 17.1 Å². The second-order valence-corrected chi connectivity index (χ2v) is 13.6. The van der Waals surface area contributed by atoms with Crippen molar-refractivity contribution >= 4 is 38.9 Å². The fourth-order valence-corrected chi connectivity index (χ4v) is 7.95. The van der Waals surface area contributed by atoms with Crippen molar-refractivity contribution < 1.29 is 22.7 Å². The molecule has 1 aliphatic rings. The Morgan fingerprint density at radius 2 is 1.83 bits per heavy atom. The van der Waals surface area contributed by atoms with Crippen LogP contribution in [0.5, 0.6) is 5.75 Å². The van der Waals surface area contributed by atoms with E-state index >= 15 is 0 Å². The number of unbranched alkanes of at least 4 members (excludes halogenated alkanes) is 1. The van der Waals surface area contributed by atoms with Crippen LogP contribution in [0.25, 0.3) is 0 Å². The first-order chi connectivity index (χ1) is 17.0. The van der Waals surface area contributed by atoms with Gasteiger partial charge in [-0.3, -0.25) is 4.79 Å². The van der Waals surface area contributed by atoms with E-state index in [1.807, 2.05) is 36.4 Å². The SMILES string of the molecule is CCCCC1(CC)CN(c2ccccc2)c2cc(OC)c(CSC(C)(C)C(=O)OC)cc2S(=O)(=O)C1. The fraction of sp³-hybridized carbons (Fsp3) is 0.536. The summed E-state index contributed by atoms with van der Waals surface area (Å²) in [5, 5.41) is 0. The molecular formula is C28H39NO5S2. The first kappa shape index (κ1) is 28.4. The number of benzene rings is 2. The van der Waals surface area contributed by atoms with Crippen LogP contribution in [0.3, 0.4) is 0 Å². The van der Waals surface area contributed by atoms with Gasteiger partial charge in [0.25, 0.3) is 0 Å². The minimum absolute atomic E-state index is 0.111. The first-order valence-electron chi connectivity index (χ1n) is 12.5. The number of carbonyl (C=O) groups excluding carboxylic acids is 1. The minimum Gasteiger partial charge on any atom is -0.496 e. The Morgan fingerprint density at radius 3 is 2.42 bits per heavy atom. The van der Waals surface area contributed by atoms with Gasteiger partial charge in [0.2, 0.25) is 0 Å². The number of methoxy groups -OCH3 is 2. The second-order valence-electron chi connectivity index (χ2n) is 10.1. The Bertz CT molecular complexity index is 1160. The molecule has 198 valence electrons. The highest BCUT2D eigenvalue weighted by Gasteiger charge is 2.42. The summed E-state index contributed by atoms with van der Waals surface area (Å²) in [7, 11) is -0.624. The molecule has 0 N–H and O–H groups in total. The summed E-state index contributed by atoms with van der Waals surface area (Å²) in [6.45, 7) is 8.46. The van der Waals surface area contributed by atoms with E-state index in [0.29, 0.717) is 28.6 Å². The fourth-order valence-electron chi connectivity index (χ4n) is 4.80.